The van der Waals surface area contributed by atoms with Crippen molar-refractivity contribution in [3.05, 3.63) is 83.9 Å². The molecule has 3 aromatic carbocycles. The highest BCUT2D eigenvalue weighted by molar-refractivity contribution is 5.93. The first kappa shape index (κ1) is 35.7. The summed E-state index contributed by atoms with van der Waals surface area (Å²) in [4.78, 5) is 25.3. The number of rotatable bonds is 23. The van der Waals surface area contributed by atoms with Gasteiger partial charge in [0.05, 0.1) is 24.3 Å². The lowest BCUT2D eigenvalue weighted by atomic mass is 10.1. The van der Waals surface area contributed by atoms with Crippen LogP contribution in [0.1, 0.15) is 131 Å². The molecule has 3 rings (SSSR count). The largest absolute Gasteiger partial charge is 0.494 e. The first-order valence-corrected chi connectivity index (χ1v) is 17.1. The van der Waals surface area contributed by atoms with E-state index < -0.39 is 11.9 Å². The minimum atomic E-state index is -0.495. The fourth-order valence-electron chi connectivity index (χ4n) is 4.98. The molecule has 6 nitrogen and oxygen atoms in total. The standard InChI is InChI=1S/C39H52O6/c1-3-5-7-8-9-10-11-12-13-14-15-17-30-42-34-25-27-36(28-26-34)44-38(40)32-21-23-35(24-22-32)45-39(41)33-19-18-20-37(31-33)43-29-16-6-4-2/h18-28,31H,3-17,29-30H2,1-2H3. The Kier molecular flexibility index (Phi) is 17.3. The molecule has 0 fully saturated rings. The van der Waals surface area contributed by atoms with E-state index >= 15 is 0 Å². The van der Waals surface area contributed by atoms with E-state index in [9.17, 15) is 9.59 Å². The number of benzene rings is 3. The van der Waals surface area contributed by atoms with Crippen LogP contribution in [0.2, 0.25) is 0 Å². The van der Waals surface area contributed by atoms with Crippen molar-refractivity contribution in [3.63, 3.8) is 0 Å². The van der Waals surface area contributed by atoms with E-state index in [1.807, 2.05) is 18.2 Å². The number of hydrogen-bond acceptors (Lipinski definition) is 6. The summed E-state index contributed by atoms with van der Waals surface area (Å²) in [6.07, 6.45) is 19.0. The third kappa shape index (κ3) is 14.7. The van der Waals surface area contributed by atoms with Gasteiger partial charge in [0.25, 0.3) is 0 Å². The van der Waals surface area contributed by atoms with Gasteiger partial charge in [-0.15, -0.1) is 0 Å². The molecule has 244 valence electrons. The molecule has 0 heterocycles. The minimum Gasteiger partial charge on any atom is -0.494 e. The average Bonchev–Trinajstić information content (AvgIpc) is 3.06. The van der Waals surface area contributed by atoms with Crippen LogP contribution < -0.4 is 18.9 Å². The number of esters is 2. The maximum absolute atomic E-state index is 12.7. The van der Waals surface area contributed by atoms with E-state index in [0.717, 1.165) is 31.4 Å². The molecule has 0 spiro atoms. The molecular formula is C39H52O6. The first-order valence-electron chi connectivity index (χ1n) is 17.1. The van der Waals surface area contributed by atoms with Crippen molar-refractivity contribution in [2.75, 3.05) is 13.2 Å². The predicted molar refractivity (Wildman–Crippen MR) is 181 cm³/mol. The smallest absolute Gasteiger partial charge is 0.343 e. The van der Waals surface area contributed by atoms with Crippen molar-refractivity contribution in [1.82, 2.24) is 0 Å². The van der Waals surface area contributed by atoms with Gasteiger partial charge in [-0.2, -0.15) is 0 Å². The quantitative estimate of drug-likeness (QED) is 0.0600. The molecule has 3 aromatic rings. The van der Waals surface area contributed by atoms with Gasteiger partial charge in [-0.05, 0) is 79.6 Å². The summed E-state index contributed by atoms with van der Waals surface area (Å²) >= 11 is 0. The second kappa shape index (κ2) is 21.8. The van der Waals surface area contributed by atoms with E-state index in [1.165, 1.54) is 70.6 Å². The van der Waals surface area contributed by atoms with E-state index in [0.29, 0.717) is 41.6 Å². The van der Waals surface area contributed by atoms with Crippen LogP contribution in [0.4, 0.5) is 0 Å². The number of unbranched alkanes of at least 4 members (excludes halogenated alkanes) is 13. The molecule has 0 amide bonds. The lowest BCUT2D eigenvalue weighted by Crippen LogP contribution is -2.10. The van der Waals surface area contributed by atoms with Gasteiger partial charge in [0.2, 0.25) is 0 Å². The average molecular weight is 617 g/mol. The molecule has 0 radical (unpaired) electrons. The Bertz CT molecular complexity index is 1240. The van der Waals surface area contributed by atoms with Gasteiger partial charge in [-0.3, -0.25) is 0 Å². The number of carbonyl (C=O) groups excluding carboxylic acids is 2. The number of carbonyl (C=O) groups is 2. The Morgan fingerprint density at radius 1 is 0.444 bits per heavy atom. The molecule has 0 aliphatic carbocycles. The Labute approximate surface area is 270 Å². The summed E-state index contributed by atoms with van der Waals surface area (Å²) in [5.41, 5.74) is 0.748. The third-order valence-electron chi connectivity index (χ3n) is 7.69. The maximum Gasteiger partial charge on any atom is 0.343 e. The molecule has 0 aliphatic heterocycles. The van der Waals surface area contributed by atoms with Gasteiger partial charge in [0.15, 0.2) is 0 Å². The Morgan fingerprint density at radius 2 is 0.867 bits per heavy atom. The van der Waals surface area contributed by atoms with Gasteiger partial charge in [-0.1, -0.05) is 103 Å². The summed E-state index contributed by atoms with van der Waals surface area (Å²) in [7, 11) is 0. The summed E-state index contributed by atoms with van der Waals surface area (Å²) < 4.78 is 22.6. The number of hydrogen-bond donors (Lipinski definition) is 0. The molecule has 0 aromatic heterocycles. The zero-order valence-electron chi connectivity index (χ0n) is 27.4. The molecule has 0 saturated carbocycles. The summed E-state index contributed by atoms with van der Waals surface area (Å²) in [5, 5.41) is 0. The van der Waals surface area contributed by atoms with Crippen molar-refractivity contribution in [2.45, 2.75) is 110 Å². The molecule has 0 saturated heterocycles. The topological polar surface area (TPSA) is 71.1 Å². The van der Waals surface area contributed by atoms with Gasteiger partial charge in [-0.25, -0.2) is 9.59 Å². The van der Waals surface area contributed by atoms with Gasteiger partial charge in [0.1, 0.15) is 23.0 Å². The maximum atomic E-state index is 12.7. The second-order valence-corrected chi connectivity index (χ2v) is 11.6. The minimum absolute atomic E-state index is 0.334. The van der Waals surface area contributed by atoms with Crippen LogP contribution in [0.15, 0.2) is 72.8 Å². The lowest BCUT2D eigenvalue weighted by molar-refractivity contribution is 0.0730. The normalized spacial score (nSPS) is 10.8. The highest BCUT2D eigenvalue weighted by Crippen LogP contribution is 2.22. The Balaban J connectivity index is 1.31. The van der Waals surface area contributed by atoms with Crippen LogP contribution >= 0.6 is 0 Å². The molecule has 6 heteroatoms. The van der Waals surface area contributed by atoms with Crippen molar-refractivity contribution in [3.8, 4) is 23.0 Å². The fourth-order valence-corrected chi connectivity index (χ4v) is 4.98. The van der Waals surface area contributed by atoms with Crippen LogP contribution in [0.5, 0.6) is 23.0 Å². The Morgan fingerprint density at radius 3 is 1.44 bits per heavy atom. The molecule has 0 N–H and O–H groups in total. The van der Waals surface area contributed by atoms with Crippen LogP contribution in [-0.2, 0) is 0 Å². The molecule has 45 heavy (non-hydrogen) atoms. The molecule has 0 atom stereocenters. The van der Waals surface area contributed by atoms with Gasteiger partial charge < -0.3 is 18.9 Å². The highest BCUT2D eigenvalue weighted by atomic mass is 16.5. The Hall–Kier alpha value is -3.80. The zero-order valence-corrected chi connectivity index (χ0v) is 27.4. The van der Waals surface area contributed by atoms with Crippen LogP contribution in [-0.4, -0.2) is 25.2 Å². The molecule has 0 aliphatic rings. The molecule has 0 bridgehead atoms. The first-order chi connectivity index (χ1) is 22.1. The van der Waals surface area contributed by atoms with Crippen LogP contribution in [0, 0.1) is 0 Å². The van der Waals surface area contributed by atoms with Crippen molar-refractivity contribution < 1.29 is 28.5 Å². The second-order valence-electron chi connectivity index (χ2n) is 11.6. The van der Waals surface area contributed by atoms with E-state index in [-0.39, 0.29) is 0 Å². The predicted octanol–water partition coefficient (Wildman–Crippen LogP) is 10.8. The SMILES string of the molecule is CCCCCCCCCCCCCCOc1ccc(OC(=O)c2ccc(OC(=O)c3cccc(OCCCCC)c3)cc2)cc1. The molecule has 0 unspecified atom stereocenters. The lowest BCUT2D eigenvalue weighted by Gasteiger charge is -2.09. The van der Waals surface area contributed by atoms with Crippen molar-refractivity contribution >= 4 is 11.9 Å². The number of ether oxygens (including phenoxy) is 4. The van der Waals surface area contributed by atoms with E-state index in [2.05, 4.69) is 13.8 Å². The monoisotopic (exact) mass is 616 g/mol. The summed E-state index contributed by atoms with van der Waals surface area (Å²) in [6, 6.07) is 20.3. The van der Waals surface area contributed by atoms with E-state index in [1.54, 1.807) is 54.6 Å². The van der Waals surface area contributed by atoms with Crippen LogP contribution in [0.25, 0.3) is 0 Å². The van der Waals surface area contributed by atoms with Crippen molar-refractivity contribution in [2.24, 2.45) is 0 Å². The third-order valence-corrected chi connectivity index (χ3v) is 7.69. The van der Waals surface area contributed by atoms with Crippen molar-refractivity contribution in [1.29, 1.82) is 0 Å². The van der Waals surface area contributed by atoms with E-state index in [4.69, 9.17) is 18.9 Å². The van der Waals surface area contributed by atoms with Gasteiger partial charge >= 0.3 is 11.9 Å². The van der Waals surface area contributed by atoms with Crippen LogP contribution in [0.3, 0.4) is 0 Å². The summed E-state index contributed by atoms with van der Waals surface area (Å²) in [5.74, 6) is 1.18. The highest BCUT2D eigenvalue weighted by Gasteiger charge is 2.13. The zero-order chi connectivity index (χ0) is 32.0. The molecular weight excluding hydrogens is 564 g/mol. The summed E-state index contributed by atoms with van der Waals surface area (Å²) in [6.45, 7) is 5.70. The van der Waals surface area contributed by atoms with Gasteiger partial charge in [0, 0.05) is 0 Å². The fraction of sp³-hybridized carbons (Fsp3) is 0.487.